The third-order valence-electron chi connectivity index (χ3n) is 5.03. The second-order valence-electron chi connectivity index (χ2n) is 6.52. The van der Waals surface area contributed by atoms with Crippen molar-refractivity contribution in [2.45, 2.75) is 6.04 Å². The SMILES string of the molecule is COc1cc(OC)c(C(c2cc(Cl)ccc2OC)N2CCNCC2)cc1OC. The van der Waals surface area contributed by atoms with Crippen molar-refractivity contribution >= 4 is 11.6 Å². The van der Waals surface area contributed by atoms with E-state index in [9.17, 15) is 0 Å². The van der Waals surface area contributed by atoms with E-state index in [-0.39, 0.29) is 6.04 Å². The molecule has 1 heterocycles. The topological polar surface area (TPSA) is 52.2 Å². The molecule has 0 aromatic heterocycles. The van der Waals surface area contributed by atoms with Gasteiger partial charge in [-0.3, -0.25) is 4.90 Å². The van der Waals surface area contributed by atoms with Crippen LogP contribution in [0.25, 0.3) is 0 Å². The molecule has 0 spiro atoms. The minimum Gasteiger partial charge on any atom is -0.496 e. The Morgan fingerprint density at radius 2 is 1.36 bits per heavy atom. The molecule has 3 rings (SSSR count). The molecular weight excluding hydrogens is 380 g/mol. The van der Waals surface area contributed by atoms with Crippen LogP contribution >= 0.6 is 11.6 Å². The van der Waals surface area contributed by atoms with Gasteiger partial charge in [-0.1, -0.05) is 11.6 Å². The molecule has 0 bridgehead atoms. The standard InChI is InChI=1S/C21H27ClN2O4/c1-25-17-6-5-14(22)11-15(17)21(24-9-7-23-8-10-24)16-12-19(27-3)20(28-4)13-18(16)26-2/h5-6,11-13,21,23H,7-10H2,1-4H3. The van der Waals surface area contributed by atoms with Crippen LogP contribution in [-0.4, -0.2) is 59.5 Å². The van der Waals surface area contributed by atoms with Gasteiger partial charge in [0.2, 0.25) is 0 Å². The van der Waals surface area contributed by atoms with E-state index in [2.05, 4.69) is 10.2 Å². The van der Waals surface area contributed by atoms with Crippen LogP contribution in [0, 0.1) is 0 Å². The first-order chi connectivity index (χ1) is 13.6. The van der Waals surface area contributed by atoms with Gasteiger partial charge in [0.25, 0.3) is 0 Å². The lowest BCUT2D eigenvalue weighted by Crippen LogP contribution is -2.45. The summed E-state index contributed by atoms with van der Waals surface area (Å²) in [4.78, 5) is 2.40. The predicted octanol–water partition coefficient (Wildman–Crippen LogP) is 3.37. The van der Waals surface area contributed by atoms with E-state index in [1.54, 1.807) is 28.4 Å². The first-order valence-corrected chi connectivity index (χ1v) is 9.58. The summed E-state index contributed by atoms with van der Waals surface area (Å²) in [6, 6.07) is 9.43. The number of piperazine rings is 1. The third kappa shape index (κ3) is 4.14. The number of nitrogens with one attached hydrogen (secondary N) is 1. The quantitative estimate of drug-likeness (QED) is 0.760. The fraction of sp³-hybridized carbons (Fsp3) is 0.429. The van der Waals surface area contributed by atoms with Crippen molar-refractivity contribution in [2.75, 3.05) is 54.6 Å². The van der Waals surface area contributed by atoms with Crippen LogP contribution < -0.4 is 24.3 Å². The monoisotopic (exact) mass is 406 g/mol. The van der Waals surface area contributed by atoms with E-state index in [1.807, 2.05) is 30.3 Å². The summed E-state index contributed by atoms with van der Waals surface area (Å²) in [5.74, 6) is 2.78. The van der Waals surface area contributed by atoms with E-state index < -0.39 is 0 Å². The van der Waals surface area contributed by atoms with Gasteiger partial charge in [-0.15, -0.1) is 0 Å². The molecule has 1 aliphatic rings. The Hall–Kier alpha value is -2.15. The molecule has 1 fully saturated rings. The molecule has 0 saturated carbocycles. The van der Waals surface area contributed by atoms with Gasteiger partial charge in [-0.25, -0.2) is 0 Å². The highest BCUT2D eigenvalue weighted by Crippen LogP contribution is 2.44. The predicted molar refractivity (Wildman–Crippen MR) is 110 cm³/mol. The molecule has 1 saturated heterocycles. The zero-order valence-corrected chi connectivity index (χ0v) is 17.5. The second-order valence-corrected chi connectivity index (χ2v) is 6.96. The van der Waals surface area contributed by atoms with Crippen molar-refractivity contribution in [1.82, 2.24) is 10.2 Å². The molecule has 0 radical (unpaired) electrons. The molecule has 0 aliphatic carbocycles. The van der Waals surface area contributed by atoms with Crippen LogP contribution in [0.1, 0.15) is 17.2 Å². The van der Waals surface area contributed by atoms with Crippen molar-refractivity contribution in [1.29, 1.82) is 0 Å². The Bertz CT molecular complexity index is 809. The number of halogens is 1. The average molecular weight is 407 g/mol. The van der Waals surface area contributed by atoms with Crippen LogP contribution in [0.3, 0.4) is 0 Å². The van der Waals surface area contributed by atoms with Gasteiger partial charge >= 0.3 is 0 Å². The van der Waals surface area contributed by atoms with Gasteiger partial charge in [-0.2, -0.15) is 0 Å². The highest BCUT2D eigenvalue weighted by Gasteiger charge is 2.30. The zero-order valence-electron chi connectivity index (χ0n) is 16.8. The van der Waals surface area contributed by atoms with Gasteiger partial charge in [-0.05, 0) is 24.3 Å². The van der Waals surface area contributed by atoms with Crippen molar-refractivity contribution in [2.24, 2.45) is 0 Å². The summed E-state index contributed by atoms with van der Waals surface area (Å²) in [6.07, 6.45) is 0. The molecule has 28 heavy (non-hydrogen) atoms. The molecule has 6 nitrogen and oxygen atoms in total. The zero-order chi connectivity index (χ0) is 20.1. The van der Waals surface area contributed by atoms with Crippen molar-refractivity contribution < 1.29 is 18.9 Å². The molecule has 152 valence electrons. The van der Waals surface area contributed by atoms with E-state index in [0.29, 0.717) is 16.5 Å². The number of benzene rings is 2. The van der Waals surface area contributed by atoms with Crippen LogP contribution in [0.5, 0.6) is 23.0 Å². The summed E-state index contributed by atoms with van der Waals surface area (Å²) in [7, 11) is 6.58. The summed E-state index contributed by atoms with van der Waals surface area (Å²) < 4.78 is 22.4. The van der Waals surface area contributed by atoms with Gasteiger partial charge in [0.1, 0.15) is 11.5 Å². The number of nitrogens with zero attached hydrogens (tertiary/aromatic N) is 1. The van der Waals surface area contributed by atoms with Gasteiger partial charge in [0, 0.05) is 48.4 Å². The first kappa shape index (κ1) is 20.6. The number of hydrogen-bond acceptors (Lipinski definition) is 6. The third-order valence-corrected chi connectivity index (χ3v) is 5.27. The molecular formula is C21H27ClN2O4. The van der Waals surface area contributed by atoms with Crippen LogP contribution in [0.4, 0.5) is 0 Å². The Morgan fingerprint density at radius 3 is 1.96 bits per heavy atom. The Kier molecular flexibility index (Phi) is 6.88. The van der Waals surface area contributed by atoms with Crippen molar-refractivity contribution in [3.63, 3.8) is 0 Å². The smallest absolute Gasteiger partial charge is 0.164 e. The molecule has 2 aromatic rings. The number of hydrogen-bond donors (Lipinski definition) is 1. The summed E-state index contributed by atoms with van der Waals surface area (Å²) in [5, 5.41) is 4.07. The number of methoxy groups -OCH3 is 4. The molecule has 1 aliphatic heterocycles. The van der Waals surface area contributed by atoms with E-state index >= 15 is 0 Å². The fourth-order valence-corrected chi connectivity index (χ4v) is 3.87. The van der Waals surface area contributed by atoms with Gasteiger partial charge in [0.05, 0.1) is 34.5 Å². The maximum atomic E-state index is 6.36. The minimum atomic E-state index is -0.106. The largest absolute Gasteiger partial charge is 0.496 e. The van der Waals surface area contributed by atoms with Crippen molar-refractivity contribution in [3.8, 4) is 23.0 Å². The molecule has 1 atom stereocenters. The fourth-order valence-electron chi connectivity index (χ4n) is 3.69. The Labute approximate surface area is 171 Å². The Morgan fingerprint density at radius 1 is 0.786 bits per heavy atom. The molecule has 0 amide bonds. The highest BCUT2D eigenvalue weighted by molar-refractivity contribution is 6.30. The molecule has 7 heteroatoms. The van der Waals surface area contributed by atoms with Crippen LogP contribution in [0.2, 0.25) is 5.02 Å². The van der Waals surface area contributed by atoms with Crippen LogP contribution in [0.15, 0.2) is 30.3 Å². The normalized spacial score (nSPS) is 15.8. The summed E-state index contributed by atoms with van der Waals surface area (Å²) in [6.45, 7) is 3.60. The van der Waals surface area contributed by atoms with Gasteiger partial charge < -0.3 is 24.3 Å². The minimum absolute atomic E-state index is 0.106. The van der Waals surface area contributed by atoms with E-state index in [4.69, 9.17) is 30.5 Å². The maximum absolute atomic E-state index is 6.36. The average Bonchev–Trinajstić information content (AvgIpc) is 2.74. The lowest BCUT2D eigenvalue weighted by atomic mass is 9.94. The molecule has 2 aromatic carbocycles. The van der Waals surface area contributed by atoms with E-state index in [0.717, 1.165) is 48.8 Å². The Balaban J connectivity index is 2.21. The highest BCUT2D eigenvalue weighted by atomic mass is 35.5. The lowest BCUT2D eigenvalue weighted by Gasteiger charge is -2.37. The molecule has 1 unspecified atom stereocenters. The number of rotatable bonds is 7. The van der Waals surface area contributed by atoms with Gasteiger partial charge in [0.15, 0.2) is 11.5 Å². The summed E-state index contributed by atoms with van der Waals surface area (Å²) >= 11 is 6.36. The van der Waals surface area contributed by atoms with Crippen molar-refractivity contribution in [3.05, 3.63) is 46.5 Å². The number of ether oxygens (including phenoxy) is 4. The first-order valence-electron chi connectivity index (χ1n) is 9.21. The maximum Gasteiger partial charge on any atom is 0.164 e. The van der Waals surface area contributed by atoms with Crippen LogP contribution in [-0.2, 0) is 0 Å². The lowest BCUT2D eigenvalue weighted by molar-refractivity contribution is 0.192. The summed E-state index contributed by atoms with van der Waals surface area (Å²) in [5.41, 5.74) is 1.96. The molecule has 1 N–H and O–H groups in total. The van der Waals surface area contributed by atoms with E-state index in [1.165, 1.54) is 0 Å². The second kappa shape index (κ2) is 9.37.